The number of carbonyl (C=O) groups excluding carboxylic acids is 1. The highest BCUT2D eigenvalue weighted by atomic mass is 32.2. The van der Waals surface area contributed by atoms with Gasteiger partial charge in [-0.15, -0.1) is 0 Å². The van der Waals surface area contributed by atoms with E-state index in [2.05, 4.69) is 5.32 Å². The summed E-state index contributed by atoms with van der Waals surface area (Å²) in [5.41, 5.74) is 0. The fourth-order valence-electron chi connectivity index (χ4n) is 2.17. The van der Waals surface area contributed by atoms with Crippen molar-refractivity contribution in [1.82, 2.24) is 5.32 Å². The fraction of sp³-hybridized carbons (Fsp3) is 0.900. The molecule has 6 heteroatoms. The number of sulfone groups is 1. The number of carbonyl (C=O) groups is 1. The summed E-state index contributed by atoms with van der Waals surface area (Å²) in [6.45, 7) is 1.27. The highest BCUT2D eigenvalue weighted by molar-refractivity contribution is 7.91. The first kappa shape index (κ1) is 11.9. The number of hydrogen-bond donors (Lipinski definition) is 1. The summed E-state index contributed by atoms with van der Waals surface area (Å²) < 4.78 is 27.8. The Labute approximate surface area is 95.5 Å². The van der Waals surface area contributed by atoms with Crippen LogP contribution >= 0.6 is 0 Å². The highest BCUT2D eigenvalue weighted by Gasteiger charge is 2.33. The smallest absolute Gasteiger partial charge is 0.224 e. The lowest BCUT2D eigenvalue weighted by atomic mass is 10.1. The number of hydrogen-bond acceptors (Lipinski definition) is 4. The zero-order valence-electron chi connectivity index (χ0n) is 9.15. The molecule has 0 aromatic rings. The van der Waals surface area contributed by atoms with Gasteiger partial charge in [-0.1, -0.05) is 0 Å². The standard InChI is InChI=1S/C10H17NO4S/c12-10(8-3-5-16(13,14)7-8)11-6-9-2-1-4-15-9/h8-9H,1-7H2,(H,11,12)/t8-,9-/m1/s1. The molecular weight excluding hydrogens is 230 g/mol. The minimum atomic E-state index is -2.97. The molecule has 5 nitrogen and oxygen atoms in total. The molecule has 1 amide bonds. The van der Waals surface area contributed by atoms with Crippen LogP contribution in [0.2, 0.25) is 0 Å². The molecule has 0 spiro atoms. The van der Waals surface area contributed by atoms with Gasteiger partial charge >= 0.3 is 0 Å². The van der Waals surface area contributed by atoms with E-state index in [-0.39, 0.29) is 29.4 Å². The van der Waals surface area contributed by atoms with Crippen molar-refractivity contribution >= 4 is 15.7 Å². The Kier molecular flexibility index (Phi) is 3.49. The Morgan fingerprint density at radius 1 is 1.38 bits per heavy atom. The summed E-state index contributed by atoms with van der Waals surface area (Å²) in [4.78, 5) is 11.7. The third-order valence-electron chi connectivity index (χ3n) is 3.13. The first-order valence-corrected chi connectivity index (χ1v) is 7.49. The number of nitrogens with one attached hydrogen (secondary N) is 1. The lowest BCUT2D eigenvalue weighted by molar-refractivity contribution is -0.124. The predicted octanol–water partition coefficient (Wildman–Crippen LogP) is -0.284. The first-order chi connectivity index (χ1) is 7.57. The number of rotatable bonds is 3. The Balaban J connectivity index is 1.76. The van der Waals surface area contributed by atoms with E-state index in [1.807, 2.05) is 0 Å². The predicted molar refractivity (Wildman–Crippen MR) is 58.7 cm³/mol. The van der Waals surface area contributed by atoms with Crippen LogP contribution in [-0.2, 0) is 19.4 Å². The molecule has 2 heterocycles. The summed E-state index contributed by atoms with van der Waals surface area (Å²) in [6.07, 6.45) is 2.59. The third kappa shape index (κ3) is 2.95. The van der Waals surface area contributed by atoms with Crippen LogP contribution < -0.4 is 5.32 Å². The van der Waals surface area contributed by atoms with Crippen molar-refractivity contribution in [1.29, 1.82) is 0 Å². The van der Waals surface area contributed by atoms with Crippen LogP contribution in [-0.4, -0.2) is 45.1 Å². The van der Waals surface area contributed by atoms with Gasteiger partial charge in [-0.05, 0) is 19.3 Å². The molecule has 0 radical (unpaired) electrons. The molecule has 1 N–H and O–H groups in total. The second kappa shape index (κ2) is 4.71. The Hall–Kier alpha value is -0.620. The van der Waals surface area contributed by atoms with E-state index in [0.717, 1.165) is 19.4 Å². The second-order valence-corrected chi connectivity index (χ2v) is 6.71. The molecule has 0 bridgehead atoms. The largest absolute Gasteiger partial charge is 0.376 e. The van der Waals surface area contributed by atoms with Crippen molar-refractivity contribution in [2.24, 2.45) is 5.92 Å². The van der Waals surface area contributed by atoms with Gasteiger partial charge in [0, 0.05) is 13.2 Å². The van der Waals surface area contributed by atoms with Gasteiger partial charge < -0.3 is 10.1 Å². The van der Waals surface area contributed by atoms with Crippen LogP contribution in [0.5, 0.6) is 0 Å². The maximum Gasteiger partial charge on any atom is 0.224 e. The van der Waals surface area contributed by atoms with Gasteiger partial charge in [-0.2, -0.15) is 0 Å². The molecule has 16 heavy (non-hydrogen) atoms. The lowest BCUT2D eigenvalue weighted by Gasteiger charge is -2.13. The Morgan fingerprint density at radius 2 is 2.19 bits per heavy atom. The third-order valence-corrected chi connectivity index (χ3v) is 4.90. The van der Waals surface area contributed by atoms with Gasteiger partial charge in [0.2, 0.25) is 5.91 Å². The van der Waals surface area contributed by atoms with E-state index in [9.17, 15) is 13.2 Å². The molecule has 0 aromatic heterocycles. The lowest BCUT2D eigenvalue weighted by Crippen LogP contribution is -2.36. The average Bonchev–Trinajstić information content (AvgIpc) is 2.83. The van der Waals surface area contributed by atoms with Crippen molar-refractivity contribution in [2.45, 2.75) is 25.4 Å². The van der Waals surface area contributed by atoms with Crippen molar-refractivity contribution in [3.8, 4) is 0 Å². The van der Waals surface area contributed by atoms with Crippen LogP contribution in [0.3, 0.4) is 0 Å². The van der Waals surface area contributed by atoms with Crippen LogP contribution in [0, 0.1) is 5.92 Å². The molecule has 2 rings (SSSR count). The number of ether oxygens (including phenoxy) is 1. The molecular formula is C10H17NO4S. The number of amides is 1. The van der Waals surface area contributed by atoms with Crippen LogP contribution in [0.4, 0.5) is 0 Å². The van der Waals surface area contributed by atoms with E-state index in [4.69, 9.17) is 4.74 Å². The minimum absolute atomic E-state index is 0.00432. The fourth-order valence-corrected chi connectivity index (χ4v) is 3.91. The van der Waals surface area contributed by atoms with Crippen molar-refractivity contribution < 1.29 is 17.9 Å². The molecule has 0 saturated carbocycles. The topological polar surface area (TPSA) is 72.5 Å². The maximum atomic E-state index is 11.7. The second-order valence-electron chi connectivity index (χ2n) is 4.48. The molecule has 2 aliphatic rings. The zero-order chi connectivity index (χ0) is 11.6. The van der Waals surface area contributed by atoms with Crippen LogP contribution in [0.25, 0.3) is 0 Å². The van der Waals surface area contributed by atoms with Gasteiger partial charge in [-0.3, -0.25) is 4.79 Å². The molecule has 92 valence electrons. The Morgan fingerprint density at radius 3 is 2.75 bits per heavy atom. The van der Waals surface area contributed by atoms with Gasteiger partial charge in [0.05, 0.1) is 23.5 Å². The SMILES string of the molecule is O=C(NC[C@H]1CCCO1)[C@@H]1CCS(=O)(=O)C1. The summed E-state index contributed by atoms with van der Waals surface area (Å²) in [5.74, 6) is -0.349. The van der Waals surface area contributed by atoms with Crippen LogP contribution in [0.1, 0.15) is 19.3 Å². The normalized spacial score (nSPS) is 32.8. The van der Waals surface area contributed by atoms with Crippen LogP contribution in [0.15, 0.2) is 0 Å². The molecule has 0 unspecified atom stereocenters. The summed E-state index contributed by atoms with van der Waals surface area (Å²) in [7, 11) is -2.97. The molecule has 2 fully saturated rings. The summed E-state index contributed by atoms with van der Waals surface area (Å²) in [5, 5.41) is 2.78. The van der Waals surface area contributed by atoms with Crippen molar-refractivity contribution in [3.05, 3.63) is 0 Å². The van der Waals surface area contributed by atoms with Gasteiger partial charge in [0.15, 0.2) is 9.84 Å². The van der Waals surface area contributed by atoms with Gasteiger partial charge in [0.25, 0.3) is 0 Å². The molecule has 2 atom stereocenters. The van der Waals surface area contributed by atoms with Gasteiger partial charge in [0.1, 0.15) is 0 Å². The van der Waals surface area contributed by atoms with Gasteiger partial charge in [-0.25, -0.2) is 8.42 Å². The van der Waals surface area contributed by atoms with E-state index in [1.54, 1.807) is 0 Å². The molecule has 0 aliphatic carbocycles. The molecule has 2 aliphatic heterocycles. The quantitative estimate of drug-likeness (QED) is 0.744. The monoisotopic (exact) mass is 247 g/mol. The maximum absolute atomic E-state index is 11.7. The average molecular weight is 247 g/mol. The summed E-state index contributed by atoms with van der Waals surface area (Å²) in [6, 6.07) is 0. The van der Waals surface area contributed by atoms with E-state index >= 15 is 0 Å². The highest BCUT2D eigenvalue weighted by Crippen LogP contribution is 2.18. The van der Waals surface area contributed by atoms with E-state index < -0.39 is 9.84 Å². The van der Waals surface area contributed by atoms with E-state index in [1.165, 1.54) is 0 Å². The molecule has 2 saturated heterocycles. The van der Waals surface area contributed by atoms with Crippen molar-refractivity contribution in [3.63, 3.8) is 0 Å². The summed E-state index contributed by atoms with van der Waals surface area (Å²) >= 11 is 0. The van der Waals surface area contributed by atoms with E-state index in [0.29, 0.717) is 13.0 Å². The zero-order valence-corrected chi connectivity index (χ0v) is 9.96. The van der Waals surface area contributed by atoms with Crippen molar-refractivity contribution in [2.75, 3.05) is 24.7 Å². The Bertz CT molecular complexity index is 359. The minimum Gasteiger partial charge on any atom is -0.376 e. The first-order valence-electron chi connectivity index (χ1n) is 5.66. The molecule has 0 aromatic carbocycles.